The van der Waals surface area contributed by atoms with Gasteiger partial charge in [0.15, 0.2) is 0 Å². The van der Waals surface area contributed by atoms with Gasteiger partial charge in [-0.2, -0.15) is 5.26 Å². The highest BCUT2D eigenvalue weighted by Gasteiger charge is 2.31. The number of nitriles is 1. The second-order valence-corrected chi connectivity index (χ2v) is 3.21. The summed E-state index contributed by atoms with van der Waals surface area (Å²) in [4.78, 5) is 3.93. The molecular formula is C11H5F3N2O. The standard InChI is InChI=1S/C11H5F3N2O/c12-11(13,14)17-9-3-4-10-7(5-9)1-2-8(6-15)16-10/h1-5H. The molecule has 0 aliphatic heterocycles. The fourth-order valence-corrected chi connectivity index (χ4v) is 1.36. The van der Waals surface area contributed by atoms with Crippen molar-refractivity contribution in [2.24, 2.45) is 0 Å². The molecule has 0 aliphatic rings. The van der Waals surface area contributed by atoms with Crippen LogP contribution in [0.3, 0.4) is 0 Å². The highest BCUT2D eigenvalue weighted by atomic mass is 19.4. The lowest BCUT2D eigenvalue weighted by molar-refractivity contribution is -0.274. The smallest absolute Gasteiger partial charge is 0.406 e. The first kappa shape index (κ1) is 11.2. The van der Waals surface area contributed by atoms with Gasteiger partial charge in [0.1, 0.15) is 17.5 Å². The normalized spacial score (nSPS) is 11.2. The number of pyridine rings is 1. The number of benzene rings is 1. The molecule has 0 spiro atoms. The summed E-state index contributed by atoms with van der Waals surface area (Å²) >= 11 is 0. The molecule has 0 atom stereocenters. The summed E-state index contributed by atoms with van der Waals surface area (Å²) in [6.45, 7) is 0. The van der Waals surface area contributed by atoms with Crippen molar-refractivity contribution in [1.82, 2.24) is 4.98 Å². The molecular weight excluding hydrogens is 233 g/mol. The molecule has 0 saturated carbocycles. The Labute approximate surface area is 94.1 Å². The molecule has 0 saturated heterocycles. The summed E-state index contributed by atoms with van der Waals surface area (Å²) in [5.74, 6) is -0.309. The number of ether oxygens (including phenoxy) is 1. The maximum atomic E-state index is 12.0. The summed E-state index contributed by atoms with van der Waals surface area (Å²) in [7, 11) is 0. The Bertz CT molecular complexity index is 602. The number of fused-ring (bicyclic) bond motifs is 1. The molecule has 3 nitrogen and oxygen atoms in total. The van der Waals surface area contributed by atoms with Gasteiger partial charge in [0.05, 0.1) is 5.52 Å². The van der Waals surface area contributed by atoms with Gasteiger partial charge in [-0.15, -0.1) is 13.2 Å². The Morgan fingerprint density at radius 2 is 1.94 bits per heavy atom. The van der Waals surface area contributed by atoms with Crippen LogP contribution in [0.25, 0.3) is 10.9 Å². The van der Waals surface area contributed by atoms with Crippen LogP contribution >= 0.6 is 0 Å². The van der Waals surface area contributed by atoms with E-state index in [-0.39, 0.29) is 11.4 Å². The number of hydrogen-bond acceptors (Lipinski definition) is 3. The third kappa shape index (κ3) is 2.64. The van der Waals surface area contributed by atoms with Gasteiger partial charge in [-0.1, -0.05) is 0 Å². The number of nitrogens with zero attached hydrogens (tertiary/aromatic N) is 2. The lowest BCUT2D eigenvalue weighted by atomic mass is 10.2. The first-order chi connectivity index (χ1) is 7.98. The van der Waals surface area contributed by atoms with Crippen molar-refractivity contribution in [2.75, 3.05) is 0 Å². The van der Waals surface area contributed by atoms with Gasteiger partial charge in [0.25, 0.3) is 0 Å². The predicted octanol–water partition coefficient (Wildman–Crippen LogP) is 3.01. The molecule has 1 aromatic heterocycles. The Hall–Kier alpha value is -2.29. The van der Waals surface area contributed by atoms with Crippen molar-refractivity contribution in [3.05, 3.63) is 36.0 Å². The van der Waals surface area contributed by atoms with E-state index >= 15 is 0 Å². The zero-order chi connectivity index (χ0) is 12.5. The van der Waals surface area contributed by atoms with Crippen molar-refractivity contribution in [1.29, 1.82) is 5.26 Å². The summed E-state index contributed by atoms with van der Waals surface area (Å²) in [6, 6.07) is 8.55. The first-order valence-electron chi connectivity index (χ1n) is 4.54. The number of halogens is 3. The van der Waals surface area contributed by atoms with Crippen molar-refractivity contribution in [2.45, 2.75) is 6.36 Å². The SMILES string of the molecule is N#Cc1ccc2cc(OC(F)(F)F)ccc2n1. The van der Waals surface area contributed by atoms with Crippen molar-refractivity contribution < 1.29 is 17.9 Å². The molecule has 0 radical (unpaired) electrons. The molecule has 0 amide bonds. The third-order valence-electron chi connectivity index (χ3n) is 2.01. The van der Waals surface area contributed by atoms with Crippen molar-refractivity contribution in [3.8, 4) is 11.8 Å². The third-order valence-corrected chi connectivity index (χ3v) is 2.01. The second-order valence-electron chi connectivity index (χ2n) is 3.21. The lowest BCUT2D eigenvalue weighted by Gasteiger charge is -2.09. The van der Waals surface area contributed by atoms with Crippen LogP contribution in [0.15, 0.2) is 30.3 Å². The average Bonchev–Trinajstić information content (AvgIpc) is 2.26. The maximum absolute atomic E-state index is 12.0. The molecule has 17 heavy (non-hydrogen) atoms. The zero-order valence-electron chi connectivity index (χ0n) is 8.32. The maximum Gasteiger partial charge on any atom is 0.573 e. The highest BCUT2D eigenvalue weighted by molar-refractivity contribution is 5.80. The predicted molar refractivity (Wildman–Crippen MR) is 53.1 cm³/mol. The fourth-order valence-electron chi connectivity index (χ4n) is 1.36. The molecule has 1 heterocycles. The summed E-state index contributed by atoms with van der Waals surface area (Å²) in [6.07, 6.45) is -4.71. The lowest BCUT2D eigenvalue weighted by Crippen LogP contribution is -2.17. The number of rotatable bonds is 1. The van der Waals surface area contributed by atoms with Crippen LogP contribution in [0.2, 0.25) is 0 Å². The van der Waals surface area contributed by atoms with Gasteiger partial charge >= 0.3 is 6.36 Å². The van der Waals surface area contributed by atoms with Gasteiger partial charge in [-0.3, -0.25) is 0 Å². The minimum Gasteiger partial charge on any atom is -0.406 e. The molecule has 1 aromatic carbocycles. The van der Waals surface area contributed by atoms with Gasteiger partial charge in [-0.25, -0.2) is 4.98 Å². The Kier molecular flexibility index (Phi) is 2.60. The van der Waals surface area contributed by atoms with Crippen LogP contribution in [-0.2, 0) is 0 Å². The van der Waals surface area contributed by atoms with E-state index in [2.05, 4.69) is 9.72 Å². The minimum absolute atomic E-state index is 0.210. The Balaban J connectivity index is 2.42. The van der Waals surface area contributed by atoms with E-state index in [4.69, 9.17) is 5.26 Å². The summed E-state index contributed by atoms with van der Waals surface area (Å²) in [5.41, 5.74) is 0.653. The fraction of sp³-hybridized carbons (Fsp3) is 0.0909. The van der Waals surface area contributed by atoms with Gasteiger partial charge in [0.2, 0.25) is 0 Å². The van der Waals surface area contributed by atoms with Crippen LogP contribution in [0, 0.1) is 11.3 Å². The van der Waals surface area contributed by atoms with E-state index in [0.29, 0.717) is 10.9 Å². The average molecular weight is 238 g/mol. The van der Waals surface area contributed by atoms with E-state index in [1.807, 2.05) is 6.07 Å². The number of alkyl halides is 3. The zero-order valence-corrected chi connectivity index (χ0v) is 8.32. The van der Waals surface area contributed by atoms with Crippen molar-refractivity contribution >= 4 is 10.9 Å². The van der Waals surface area contributed by atoms with Gasteiger partial charge < -0.3 is 4.74 Å². The van der Waals surface area contributed by atoms with E-state index in [0.717, 1.165) is 6.07 Å². The van der Waals surface area contributed by atoms with Crippen LogP contribution < -0.4 is 4.74 Å². The number of aromatic nitrogens is 1. The Morgan fingerprint density at radius 3 is 2.59 bits per heavy atom. The van der Waals surface area contributed by atoms with E-state index in [1.54, 1.807) is 0 Å². The highest BCUT2D eigenvalue weighted by Crippen LogP contribution is 2.25. The van der Waals surface area contributed by atoms with Crippen LogP contribution in [0.1, 0.15) is 5.69 Å². The second kappa shape index (κ2) is 3.94. The first-order valence-corrected chi connectivity index (χ1v) is 4.54. The Morgan fingerprint density at radius 1 is 1.18 bits per heavy atom. The van der Waals surface area contributed by atoms with E-state index in [1.165, 1.54) is 24.3 Å². The monoisotopic (exact) mass is 238 g/mol. The molecule has 2 aromatic rings. The van der Waals surface area contributed by atoms with Crippen LogP contribution in [-0.4, -0.2) is 11.3 Å². The van der Waals surface area contributed by atoms with E-state index in [9.17, 15) is 13.2 Å². The topological polar surface area (TPSA) is 45.9 Å². The van der Waals surface area contributed by atoms with Crippen LogP contribution in [0.5, 0.6) is 5.75 Å². The minimum atomic E-state index is -4.71. The number of hydrogen-bond donors (Lipinski definition) is 0. The summed E-state index contributed by atoms with van der Waals surface area (Å²) in [5, 5.41) is 9.10. The molecule has 6 heteroatoms. The molecule has 0 fully saturated rings. The molecule has 0 N–H and O–H groups in total. The molecule has 2 rings (SSSR count). The summed E-state index contributed by atoms with van der Waals surface area (Å²) < 4.78 is 39.7. The molecule has 0 aliphatic carbocycles. The molecule has 0 bridgehead atoms. The van der Waals surface area contributed by atoms with Gasteiger partial charge in [0, 0.05) is 5.39 Å². The molecule has 86 valence electrons. The van der Waals surface area contributed by atoms with Crippen LogP contribution in [0.4, 0.5) is 13.2 Å². The van der Waals surface area contributed by atoms with Crippen molar-refractivity contribution in [3.63, 3.8) is 0 Å². The van der Waals surface area contributed by atoms with Gasteiger partial charge in [-0.05, 0) is 30.3 Å². The van der Waals surface area contributed by atoms with E-state index < -0.39 is 6.36 Å². The largest absolute Gasteiger partial charge is 0.573 e. The quantitative estimate of drug-likeness (QED) is 0.767. The molecule has 0 unspecified atom stereocenters.